The highest BCUT2D eigenvalue weighted by molar-refractivity contribution is 5.94. The Kier molecular flexibility index (Phi) is 5.45. The molecule has 1 saturated heterocycles. The van der Waals surface area contributed by atoms with Crippen LogP contribution in [-0.4, -0.2) is 56.3 Å². The molecule has 1 N–H and O–H groups in total. The molecule has 1 aliphatic heterocycles. The van der Waals surface area contributed by atoms with Crippen molar-refractivity contribution >= 4 is 17.5 Å². The lowest BCUT2D eigenvalue weighted by atomic mass is 10.2. The van der Waals surface area contributed by atoms with E-state index in [1.54, 1.807) is 6.20 Å². The summed E-state index contributed by atoms with van der Waals surface area (Å²) in [5, 5.41) is 2.91. The Morgan fingerprint density at radius 2 is 1.92 bits per heavy atom. The number of nitrogens with zero attached hydrogens (tertiary/aromatic N) is 4. The van der Waals surface area contributed by atoms with E-state index in [9.17, 15) is 4.79 Å². The van der Waals surface area contributed by atoms with Gasteiger partial charge in [-0.2, -0.15) is 0 Å². The number of morpholine rings is 1. The van der Waals surface area contributed by atoms with Crippen molar-refractivity contribution in [2.75, 3.05) is 50.2 Å². The maximum atomic E-state index is 12.3. The summed E-state index contributed by atoms with van der Waals surface area (Å²) in [6.45, 7) is 3.32. The fourth-order valence-electron chi connectivity index (χ4n) is 2.58. The van der Waals surface area contributed by atoms with Crippen LogP contribution in [0.1, 0.15) is 16.1 Å². The molecule has 1 amide bonds. The molecule has 0 aliphatic carbocycles. The second-order valence-corrected chi connectivity index (χ2v) is 6.07. The molecule has 0 spiro atoms. The number of benzene rings is 1. The first kappa shape index (κ1) is 17.2. The molecule has 0 saturated carbocycles. The van der Waals surface area contributed by atoms with Crippen LogP contribution in [0.5, 0.6) is 0 Å². The zero-order valence-electron chi connectivity index (χ0n) is 14.6. The number of rotatable bonds is 5. The Labute approximate surface area is 147 Å². The topological polar surface area (TPSA) is 70.6 Å². The normalized spacial score (nSPS) is 14.2. The minimum atomic E-state index is -0.114. The summed E-state index contributed by atoms with van der Waals surface area (Å²) in [6, 6.07) is 9.32. The van der Waals surface area contributed by atoms with Gasteiger partial charge in [-0.15, -0.1) is 0 Å². The number of amides is 1. The molecule has 7 heteroatoms. The number of ether oxygens (including phenoxy) is 1. The SMILES string of the molecule is CN(C)c1ccc(C(=O)NCc2ccnc(N3CCOCC3)n2)cc1. The average Bonchev–Trinajstić information content (AvgIpc) is 2.67. The second-order valence-electron chi connectivity index (χ2n) is 6.07. The van der Waals surface area contributed by atoms with Crippen molar-refractivity contribution < 1.29 is 9.53 Å². The summed E-state index contributed by atoms with van der Waals surface area (Å²) >= 11 is 0. The van der Waals surface area contributed by atoms with E-state index in [0.717, 1.165) is 24.5 Å². The van der Waals surface area contributed by atoms with E-state index in [4.69, 9.17) is 4.74 Å². The number of aromatic nitrogens is 2. The lowest BCUT2D eigenvalue weighted by Crippen LogP contribution is -2.37. The molecule has 2 heterocycles. The second kappa shape index (κ2) is 7.94. The van der Waals surface area contributed by atoms with Gasteiger partial charge in [-0.1, -0.05) is 0 Å². The zero-order chi connectivity index (χ0) is 17.6. The van der Waals surface area contributed by atoms with Crippen molar-refractivity contribution in [2.45, 2.75) is 6.54 Å². The molecule has 3 rings (SSSR count). The van der Waals surface area contributed by atoms with Gasteiger partial charge in [0.2, 0.25) is 5.95 Å². The van der Waals surface area contributed by atoms with E-state index in [2.05, 4.69) is 20.2 Å². The first-order valence-corrected chi connectivity index (χ1v) is 8.34. The van der Waals surface area contributed by atoms with Crippen molar-refractivity contribution in [3.8, 4) is 0 Å². The van der Waals surface area contributed by atoms with Crippen LogP contribution in [0.15, 0.2) is 36.5 Å². The minimum absolute atomic E-state index is 0.114. The van der Waals surface area contributed by atoms with E-state index in [-0.39, 0.29) is 5.91 Å². The van der Waals surface area contributed by atoms with Crippen LogP contribution in [0.25, 0.3) is 0 Å². The van der Waals surface area contributed by atoms with Crippen LogP contribution < -0.4 is 15.1 Å². The van der Waals surface area contributed by atoms with Crippen molar-refractivity contribution in [2.24, 2.45) is 0 Å². The predicted octanol–water partition coefficient (Wildman–Crippen LogP) is 1.31. The highest BCUT2D eigenvalue weighted by Gasteiger charge is 2.14. The van der Waals surface area contributed by atoms with Crippen molar-refractivity contribution in [1.29, 1.82) is 0 Å². The summed E-state index contributed by atoms with van der Waals surface area (Å²) in [7, 11) is 3.94. The first-order chi connectivity index (χ1) is 12.1. The van der Waals surface area contributed by atoms with Crippen LogP contribution in [0.3, 0.4) is 0 Å². The Morgan fingerprint density at radius 1 is 1.20 bits per heavy atom. The van der Waals surface area contributed by atoms with Gasteiger partial charge in [0.05, 0.1) is 25.5 Å². The molecule has 1 fully saturated rings. The van der Waals surface area contributed by atoms with Gasteiger partial charge in [0.1, 0.15) is 0 Å². The molecule has 25 heavy (non-hydrogen) atoms. The van der Waals surface area contributed by atoms with Crippen molar-refractivity contribution in [3.05, 3.63) is 47.8 Å². The first-order valence-electron chi connectivity index (χ1n) is 8.34. The summed E-state index contributed by atoms with van der Waals surface area (Å²) in [6.07, 6.45) is 1.73. The summed E-state index contributed by atoms with van der Waals surface area (Å²) in [4.78, 5) is 25.2. The Bertz CT molecular complexity index is 712. The molecular weight excluding hydrogens is 318 g/mol. The number of carbonyl (C=O) groups excluding carboxylic acids is 1. The number of hydrogen-bond donors (Lipinski definition) is 1. The van der Waals surface area contributed by atoms with E-state index in [1.807, 2.05) is 49.3 Å². The van der Waals surface area contributed by atoms with Crippen molar-refractivity contribution in [1.82, 2.24) is 15.3 Å². The Hall–Kier alpha value is -2.67. The van der Waals surface area contributed by atoms with E-state index >= 15 is 0 Å². The molecule has 0 radical (unpaired) electrons. The summed E-state index contributed by atoms with van der Waals surface area (Å²) in [5.41, 5.74) is 2.48. The van der Waals surface area contributed by atoms with Gasteiger partial charge in [-0.25, -0.2) is 9.97 Å². The maximum Gasteiger partial charge on any atom is 0.251 e. The zero-order valence-corrected chi connectivity index (χ0v) is 14.6. The monoisotopic (exact) mass is 341 g/mol. The fourth-order valence-corrected chi connectivity index (χ4v) is 2.58. The van der Waals surface area contributed by atoms with Gasteiger partial charge in [-0.3, -0.25) is 4.79 Å². The molecule has 132 valence electrons. The molecule has 7 nitrogen and oxygen atoms in total. The van der Waals surface area contributed by atoms with Gasteiger partial charge < -0.3 is 19.9 Å². The summed E-state index contributed by atoms with van der Waals surface area (Å²) < 4.78 is 5.35. The smallest absolute Gasteiger partial charge is 0.251 e. The van der Waals surface area contributed by atoms with E-state index < -0.39 is 0 Å². The van der Waals surface area contributed by atoms with Gasteiger partial charge in [0, 0.05) is 44.6 Å². The average molecular weight is 341 g/mol. The van der Waals surface area contributed by atoms with Crippen LogP contribution in [0.4, 0.5) is 11.6 Å². The van der Waals surface area contributed by atoms with Gasteiger partial charge >= 0.3 is 0 Å². The van der Waals surface area contributed by atoms with Crippen LogP contribution in [0, 0.1) is 0 Å². The highest BCUT2D eigenvalue weighted by atomic mass is 16.5. The van der Waals surface area contributed by atoms with Crippen LogP contribution >= 0.6 is 0 Å². The van der Waals surface area contributed by atoms with Crippen LogP contribution in [-0.2, 0) is 11.3 Å². The molecule has 1 aromatic carbocycles. The molecular formula is C18H23N5O2. The predicted molar refractivity (Wildman–Crippen MR) is 97.0 cm³/mol. The number of nitrogens with one attached hydrogen (secondary N) is 1. The Balaban J connectivity index is 1.60. The standard InChI is InChI=1S/C18H23N5O2/c1-22(2)16-5-3-14(4-6-16)17(24)20-13-15-7-8-19-18(21-15)23-9-11-25-12-10-23/h3-8H,9-13H2,1-2H3,(H,20,24). The molecule has 1 aromatic heterocycles. The highest BCUT2D eigenvalue weighted by Crippen LogP contribution is 2.13. The third-order valence-electron chi connectivity index (χ3n) is 4.07. The summed E-state index contributed by atoms with van der Waals surface area (Å²) in [5.74, 6) is 0.572. The maximum absolute atomic E-state index is 12.3. The molecule has 2 aromatic rings. The number of carbonyl (C=O) groups is 1. The van der Waals surface area contributed by atoms with E-state index in [0.29, 0.717) is 31.3 Å². The van der Waals surface area contributed by atoms with E-state index in [1.165, 1.54) is 0 Å². The molecule has 1 aliphatic rings. The third-order valence-corrected chi connectivity index (χ3v) is 4.07. The molecule has 0 bridgehead atoms. The van der Waals surface area contributed by atoms with Gasteiger partial charge in [0.25, 0.3) is 5.91 Å². The quantitative estimate of drug-likeness (QED) is 0.884. The minimum Gasteiger partial charge on any atom is -0.378 e. The van der Waals surface area contributed by atoms with Gasteiger partial charge in [0.15, 0.2) is 0 Å². The lowest BCUT2D eigenvalue weighted by Gasteiger charge is -2.26. The third kappa shape index (κ3) is 4.45. The van der Waals surface area contributed by atoms with Crippen molar-refractivity contribution in [3.63, 3.8) is 0 Å². The lowest BCUT2D eigenvalue weighted by molar-refractivity contribution is 0.0950. The fraction of sp³-hybridized carbons (Fsp3) is 0.389. The number of anilines is 2. The molecule has 0 atom stereocenters. The molecule has 0 unspecified atom stereocenters. The number of hydrogen-bond acceptors (Lipinski definition) is 6. The Morgan fingerprint density at radius 3 is 2.60 bits per heavy atom. The van der Waals surface area contributed by atoms with Gasteiger partial charge in [-0.05, 0) is 30.3 Å². The largest absolute Gasteiger partial charge is 0.378 e. The van der Waals surface area contributed by atoms with Crippen LogP contribution in [0.2, 0.25) is 0 Å².